The standard InChI is InChI=1S/C22H20N2O4S3/c1-4-28-15-9-10-17-16(12-15)19-20(30-31-21(19)29)22(2,3)23(17)18(25)11-13-5-7-14(8-6-13)24(26)27/h5-10,12H,4,11H2,1-3H3. The second kappa shape index (κ2) is 8.14. The summed E-state index contributed by atoms with van der Waals surface area (Å²) < 4.78 is 6.50. The number of carbonyl (C=O) groups is 1. The molecule has 0 unspecified atom stereocenters. The molecule has 0 aliphatic carbocycles. The number of amides is 1. The molecule has 6 nitrogen and oxygen atoms in total. The highest BCUT2D eigenvalue weighted by molar-refractivity contribution is 7.80. The molecule has 2 aromatic carbocycles. The number of nitro groups is 1. The third kappa shape index (κ3) is 3.77. The Labute approximate surface area is 192 Å². The van der Waals surface area contributed by atoms with Gasteiger partial charge in [-0.2, -0.15) is 0 Å². The molecule has 0 spiro atoms. The lowest BCUT2D eigenvalue weighted by Gasteiger charge is -2.43. The van der Waals surface area contributed by atoms with Crippen molar-refractivity contribution in [2.75, 3.05) is 11.5 Å². The van der Waals surface area contributed by atoms with E-state index in [2.05, 4.69) is 0 Å². The van der Waals surface area contributed by atoms with E-state index in [0.717, 1.165) is 36.8 Å². The molecule has 0 radical (unpaired) electrons. The van der Waals surface area contributed by atoms with Crippen LogP contribution in [0, 0.1) is 13.9 Å². The minimum Gasteiger partial charge on any atom is -0.494 e. The minimum atomic E-state index is -0.578. The Balaban J connectivity index is 1.77. The highest BCUT2D eigenvalue weighted by Crippen LogP contribution is 2.53. The van der Waals surface area contributed by atoms with Gasteiger partial charge in [-0.05, 0) is 44.5 Å². The zero-order valence-corrected chi connectivity index (χ0v) is 19.7. The lowest BCUT2D eigenvalue weighted by molar-refractivity contribution is -0.384. The molecule has 31 heavy (non-hydrogen) atoms. The molecule has 0 saturated heterocycles. The Bertz CT molecular complexity index is 1230. The van der Waals surface area contributed by atoms with Crippen molar-refractivity contribution in [2.45, 2.75) is 32.7 Å². The summed E-state index contributed by atoms with van der Waals surface area (Å²) in [6.07, 6.45) is 0.138. The second-order valence-electron chi connectivity index (χ2n) is 7.66. The predicted octanol–water partition coefficient (Wildman–Crippen LogP) is 6.34. The van der Waals surface area contributed by atoms with Gasteiger partial charge in [0.1, 0.15) is 9.57 Å². The molecule has 2 heterocycles. The maximum atomic E-state index is 13.5. The highest BCUT2D eigenvalue weighted by Gasteiger charge is 2.42. The van der Waals surface area contributed by atoms with Gasteiger partial charge in [0.2, 0.25) is 5.91 Å². The van der Waals surface area contributed by atoms with Crippen LogP contribution in [0.2, 0.25) is 0 Å². The van der Waals surface area contributed by atoms with E-state index in [9.17, 15) is 14.9 Å². The van der Waals surface area contributed by atoms with Gasteiger partial charge in [-0.25, -0.2) is 0 Å². The Hall–Kier alpha value is -2.62. The first-order valence-electron chi connectivity index (χ1n) is 9.71. The van der Waals surface area contributed by atoms with Crippen molar-refractivity contribution in [3.05, 3.63) is 66.8 Å². The summed E-state index contributed by atoms with van der Waals surface area (Å²) in [7, 11) is 3.14. The maximum absolute atomic E-state index is 13.5. The summed E-state index contributed by atoms with van der Waals surface area (Å²) in [5.74, 6) is 0.652. The van der Waals surface area contributed by atoms with E-state index in [1.807, 2.05) is 43.9 Å². The number of non-ortho nitro benzene ring substituents is 1. The first kappa shape index (κ1) is 21.6. The minimum absolute atomic E-state index is 0.00555. The maximum Gasteiger partial charge on any atom is 0.269 e. The van der Waals surface area contributed by atoms with Crippen molar-refractivity contribution in [1.29, 1.82) is 0 Å². The van der Waals surface area contributed by atoms with E-state index in [1.165, 1.54) is 12.1 Å². The average Bonchev–Trinajstić information content (AvgIpc) is 3.12. The molecular weight excluding hydrogens is 452 g/mol. The van der Waals surface area contributed by atoms with Crippen LogP contribution in [0.4, 0.5) is 11.4 Å². The molecule has 160 valence electrons. The predicted molar refractivity (Wildman–Crippen MR) is 127 cm³/mol. The van der Waals surface area contributed by atoms with Gasteiger partial charge >= 0.3 is 0 Å². The third-order valence-electron chi connectivity index (χ3n) is 5.29. The van der Waals surface area contributed by atoms with Crippen molar-refractivity contribution in [3.63, 3.8) is 0 Å². The van der Waals surface area contributed by atoms with Gasteiger partial charge in [0, 0.05) is 23.3 Å². The van der Waals surface area contributed by atoms with Crippen LogP contribution in [0.1, 0.15) is 31.2 Å². The smallest absolute Gasteiger partial charge is 0.269 e. The van der Waals surface area contributed by atoms with Gasteiger partial charge in [-0.15, -0.1) is 0 Å². The van der Waals surface area contributed by atoms with E-state index in [4.69, 9.17) is 17.0 Å². The Morgan fingerprint density at radius 3 is 2.55 bits per heavy atom. The van der Waals surface area contributed by atoms with Crippen LogP contribution in [-0.4, -0.2) is 17.4 Å². The zero-order valence-electron chi connectivity index (χ0n) is 17.2. The fourth-order valence-corrected chi connectivity index (χ4v) is 7.18. The summed E-state index contributed by atoms with van der Waals surface area (Å²) in [5.41, 5.74) is 2.86. The number of hydrogen-bond donors (Lipinski definition) is 0. The van der Waals surface area contributed by atoms with Gasteiger partial charge in [0.05, 0.1) is 34.1 Å². The lowest BCUT2D eigenvalue weighted by atomic mass is 9.87. The van der Waals surface area contributed by atoms with Gasteiger partial charge in [-0.1, -0.05) is 45.0 Å². The molecule has 0 N–H and O–H groups in total. The molecule has 0 fully saturated rings. The van der Waals surface area contributed by atoms with Crippen LogP contribution in [0.15, 0.2) is 42.5 Å². The van der Waals surface area contributed by atoms with Crippen molar-refractivity contribution >= 4 is 50.2 Å². The fourth-order valence-electron chi connectivity index (χ4n) is 3.90. The number of nitro benzene ring substituents is 1. The average molecular weight is 473 g/mol. The molecule has 1 aliphatic rings. The van der Waals surface area contributed by atoms with Crippen LogP contribution in [0.25, 0.3) is 11.1 Å². The number of rotatable bonds is 5. The van der Waals surface area contributed by atoms with Crippen molar-refractivity contribution < 1.29 is 14.5 Å². The summed E-state index contributed by atoms with van der Waals surface area (Å²) >= 11 is 5.63. The second-order valence-corrected chi connectivity index (χ2v) is 10.5. The van der Waals surface area contributed by atoms with Crippen LogP contribution in [-0.2, 0) is 16.8 Å². The van der Waals surface area contributed by atoms with Crippen LogP contribution in [0.5, 0.6) is 5.75 Å². The largest absolute Gasteiger partial charge is 0.494 e. The van der Waals surface area contributed by atoms with Gasteiger partial charge in [0.25, 0.3) is 5.69 Å². The number of fused-ring (bicyclic) bond motifs is 3. The summed E-state index contributed by atoms with van der Waals surface area (Å²) in [6, 6.07) is 11.8. The van der Waals surface area contributed by atoms with Crippen LogP contribution < -0.4 is 9.64 Å². The van der Waals surface area contributed by atoms with E-state index in [0.29, 0.717) is 6.61 Å². The van der Waals surface area contributed by atoms with Gasteiger partial charge in [0.15, 0.2) is 0 Å². The molecular formula is C22H20N2O4S3. The van der Waals surface area contributed by atoms with Crippen molar-refractivity contribution in [2.24, 2.45) is 0 Å². The zero-order chi connectivity index (χ0) is 22.3. The molecule has 1 amide bonds. The number of benzene rings is 2. The van der Waals surface area contributed by atoms with E-state index in [1.54, 1.807) is 32.8 Å². The number of ether oxygens (including phenoxy) is 1. The number of nitrogens with zero attached hydrogens (tertiary/aromatic N) is 2. The summed E-state index contributed by atoms with van der Waals surface area (Å²) in [4.78, 5) is 26.9. The van der Waals surface area contributed by atoms with E-state index < -0.39 is 10.5 Å². The Kier molecular flexibility index (Phi) is 5.67. The van der Waals surface area contributed by atoms with Crippen molar-refractivity contribution in [1.82, 2.24) is 0 Å². The first-order chi connectivity index (χ1) is 14.7. The van der Waals surface area contributed by atoms with Crippen molar-refractivity contribution in [3.8, 4) is 16.9 Å². The van der Waals surface area contributed by atoms with Gasteiger partial charge in [-0.3, -0.25) is 14.9 Å². The van der Waals surface area contributed by atoms with E-state index >= 15 is 0 Å². The third-order valence-corrected chi connectivity index (χ3v) is 8.62. The van der Waals surface area contributed by atoms with Crippen LogP contribution in [0.3, 0.4) is 0 Å². The molecule has 1 aliphatic heterocycles. The molecule has 9 heteroatoms. The number of hydrogen-bond acceptors (Lipinski definition) is 7. The topological polar surface area (TPSA) is 72.7 Å². The molecule has 0 saturated carbocycles. The van der Waals surface area contributed by atoms with E-state index in [-0.39, 0.29) is 18.0 Å². The van der Waals surface area contributed by atoms with Crippen LogP contribution >= 0.6 is 32.9 Å². The fraction of sp³-hybridized carbons (Fsp3) is 0.273. The molecule has 3 aromatic rings. The molecule has 1 aromatic heterocycles. The first-order valence-corrected chi connectivity index (χ1v) is 12.3. The summed E-state index contributed by atoms with van der Waals surface area (Å²) in [6.45, 7) is 6.53. The number of carbonyl (C=O) groups excluding carboxylic acids is 1. The monoisotopic (exact) mass is 472 g/mol. The number of anilines is 1. The Morgan fingerprint density at radius 2 is 1.90 bits per heavy atom. The normalized spacial score (nSPS) is 14.0. The van der Waals surface area contributed by atoms with Gasteiger partial charge < -0.3 is 9.64 Å². The Morgan fingerprint density at radius 1 is 1.19 bits per heavy atom. The highest BCUT2D eigenvalue weighted by atomic mass is 32.9. The molecule has 0 bridgehead atoms. The molecule has 0 atom stereocenters. The lowest BCUT2D eigenvalue weighted by Crippen LogP contribution is -2.48. The quantitative estimate of drug-likeness (QED) is 0.188. The molecule has 4 rings (SSSR count). The SMILES string of the molecule is CCOc1ccc2c(c1)-c1c(ssc1=S)C(C)(C)N2C(=O)Cc1ccc([N+](=O)[O-])cc1. The summed E-state index contributed by atoms with van der Waals surface area (Å²) in [5, 5.41) is 10.9.